The molecule has 0 aliphatic carbocycles. The zero-order chi connectivity index (χ0) is 18.1. The Morgan fingerprint density at radius 2 is 1.88 bits per heavy atom. The fourth-order valence-electron chi connectivity index (χ4n) is 3.45. The molecule has 0 radical (unpaired) electrons. The predicted molar refractivity (Wildman–Crippen MR) is 90.3 cm³/mol. The maximum atomic E-state index is 13.4. The molecule has 2 atom stereocenters. The van der Waals surface area contributed by atoms with Gasteiger partial charge in [0.1, 0.15) is 11.9 Å². The highest BCUT2D eigenvalue weighted by Crippen LogP contribution is 2.23. The zero-order valence-electron chi connectivity index (χ0n) is 14.4. The van der Waals surface area contributed by atoms with E-state index in [-0.39, 0.29) is 35.9 Å². The van der Waals surface area contributed by atoms with Crippen LogP contribution >= 0.6 is 0 Å². The number of hydrogen-bond acceptors (Lipinski definition) is 4. The maximum absolute atomic E-state index is 13.4. The van der Waals surface area contributed by atoms with Gasteiger partial charge in [-0.2, -0.15) is 0 Å². The molecule has 0 aromatic heterocycles. The molecule has 3 amide bonds. The molecule has 3 rings (SSSR count). The molecule has 134 valence electrons. The van der Waals surface area contributed by atoms with Gasteiger partial charge in [-0.1, -0.05) is 13.0 Å². The number of carbonyl (C=O) groups excluding carboxylic acids is 3. The summed E-state index contributed by atoms with van der Waals surface area (Å²) in [4.78, 5) is 41.6. The average molecular weight is 347 g/mol. The van der Waals surface area contributed by atoms with Crippen molar-refractivity contribution >= 4 is 23.4 Å². The number of anilines is 1. The van der Waals surface area contributed by atoms with Crippen LogP contribution in [0, 0.1) is 11.7 Å². The Kier molecular flexibility index (Phi) is 4.74. The molecule has 1 aromatic carbocycles. The number of hydrogen-bond donors (Lipinski definition) is 0. The van der Waals surface area contributed by atoms with Gasteiger partial charge in [-0.15, -0.1) is 0 Å². The van der Waals surface area contributed by atoms with E-state index >= 15 is 0 Å². The molecule has 2 heterocycles. The minimum absolute atomic E-state index is 0.170. The Labute approximate surface area is 146 Å². The minimum Gasteiger partial charge on any atom is -0.368 e. The van der Waals surface area contributed by atoms with E-state index in [0.29, 0.717) is 26.2 Å². The number of piperazine rings is 1. The molecular weight excluding hydrogens is 325 g/mol. The van der Waals surface area contributed by atoms with Crippen LogP contribution in [0.5, 0.6) is 0 Å². The molecule has 25 heavy (non-hydrogen) atoms. The van der Waals surface area contributed by atoms with Crippen molar-refractivity contribution in [3.63, 3.8) is 0 Å². The van der Waals surface area contributed by atoms with E-state index in [4.69, 9.17) is 0 Å². The van der Waals surface area contributed by atoms with Crippen LogP contribution in [0.25, 0.3) is 0 Å². The Hall–Kier alpha value is -2.44. The first-order valence-electron chi connectivity index (χ1n) is 8.53. The quantitative estimate of drug-likeness (QED) is 0.773. The van der Waals surface area contributed by atoms with Gasteiger partial charge in [-0.3, -0.25) is 19.3 Å². The first-order valence-corrected chi connectivity index (χ1v) is 8.53. The average Bonchev–Trinajstić information content (AvgIpc) is 2.86. The zero-order valence-corrected chi connectivity index (χ0v) is 14.4. The van der Waals surface area contributed by atoms with Crippen LogP contribution in [0.4, 0.5) is 10.1 Å². The van der Waals surface area contributed by atoms with Crippen LogP contribution in [0.1, 0.15) is 20.3 Å². The van der Waals surface area contributed by atoms with Gasteiger partial charge in [0.15, 0.2) is 0 Å². The van der Waals surface area contributed by atoms with E-state index < -0.39 is 6.04 Å². The monoisotopic (exact) mass is 347 g/mol. The van der Waals surface area contributed by atoms with Gasteiger partial charge in [0, 0.05) is 44.2 Å². The number of imide groups is 1. The van der Waals surface area contributed by atoms with Gasteiger partial charge < -0.3 is 9.80 Å². The molecule has 2 unspecified atom stereocenters. The highest BCUT2D eigenvalue weighted by molar-refractivity contribution is 6.06. The lowest BCUT2D eigenvalue weighted by Crippen LogP contribution is -2.55. The maximum Gasteiger partial charge on any atom is 0.245 e. The molecule has 0 bridgehead atoms. The normalized spacial score (nSPS) is 22.5. The smallest absolute Gasteiger partial charge is 0.245 e. The molecule has 2 aliphatic heterocycles. The molecule has 2 aliphatic rings. The van der Waals surface area contributed by atoms with Gasteiger partial charge in [-0.25, -0.2) is 4.39 Å². The van der Waals surface area contributed by atoms with Crippen molar-refractivity contribution in [1.29, 1.82) is 0 Å². The minimum atomic E-state index is -0.773. The van der Waals surface area contributed by atoms with Crippen LogP contribution in [-0.2, 0) is 14.4 Å². The van der Waals surface area contributed by atoms with Crippen molar-refractivity contribution in [2.45, 2.75) is 26.3 Å². The number of likely N-dealkylation sites (tertiary alicyclic amines) is 1. The third-order valence-corrected chi connectivity index (χ3v) is 4.92. The molecule has 2 fully saturated rings. The molecular formula is C18H22FN3O3. The van der Waals surface area contributed by atoms with Crippen LogP contribution in [0.3, 0.4) is 0 Å². The molecule has 2 saturated heterocycles. The number of rotatable bonds is 3. The number of halogens is 1. The Balaban J connectivity index is 1.62. The first kappa shape index (κ1) is 17.4. The van der Waals surface area contributed by atoms with Gasteiger partial charge >= 0.3 is 0 Å². The molecule has 7 heteroatoms. The van der Waals surface area contributed by atoms with Crippen molar-refractivity contribution < 1.29 is 18.8 Å². The van der Waals surface area contributed by atoms with Gasteiger partial charge in [0.25, 0.3) is 0 Å². The standard InChI is InChI=1S/C18H22FN3O3/c1-12-10-16(23)22(17(12)24)13(2)18(25)21-8-6-20(7-9-21)15-5-3-4-14(19)11-15/h3-5,11-13H,6-10H2,1-2H3. The Morgan fingerprint density at radius 1 is 1.20 bits per heavy atom. The second-order valence-corrected chi connectivity index (χ2v) is 6.68. The summed E-state index contributed by atoms with van der Waals surface area (Å²) in [6.07, 6.45) is 0.170. The summed E-state index contributed by atoms with van der Waals surface area (Å²) in [5, 5.41) is 0. The fourth-order valence-corrected chi connectivity index (χ4v) is 3.45. The Morgan fingerprint density at radius 3 is 2.44 bits per heavy atom. The summed E-state index contributed by atoms with van der Waals surface area (Å²) in [6, 6.07) is 5.60. The summed E-state index contributed by atoms with van der Waals surface area (Å²) in [7, 11) is 0. The topological polar surface area (TPSA) is 60.9 Å². The summed E-state index contributed by atoms with van der Waals surface area (Å²) in [5.41, 5.74) is 0.791. The number of benzene rings is 1. The van der Waals surface area contributed by atoms with Crippen molar-refractivity contribution in [2.24, 2.45) is 5.92 Å². The molecule has 0 saturated carbocycles. The fraction of sp³-hybridized carbons (Fsp3) is 0.500. The lowest BCUT2D eigenvalue weighted by atomic mass is 10.1. The highest BCUT2D eigenvalue weighted by Gasteiger charge is 2.42. The predicted octanol–water partition coefficient (Wildman–Crippen LogP) is 1.26. The van der Waals surface area contributed by atoms with E-state index in [2.05, 4.69) is 0 Å². The van der Waals surface area contributed by atoms with Crippen LogP contribution in [0.2, 0.25) is 0 Å². The van der Waals surface area contributed by atoms with Gasteiger partial charge in [0.2, 0.25) is 17.7 Å². The number of nitrogens with zero attached hydrogens (tertiary/aromatic N) is 3. The number of amides is 3. The van der Waals surface area contributed by atoms with E-state index in [9.17, 15) is 18.8 Å². The van der Waals surface area contributed by atoms with Crippen LogP contribution in [-0.4, -0.2) is 59.7 Å². The van der Waals surface area contributed by atoms with Crippen molar-refractivity contribution in [3.05, 3.63) is 30.1 Å². The lowest BCUT2D eigenvalue weighted by Gasteiger charge is -2.38. The first-order chi connectivity index (χ1) is 11.9. The van der Waals surface area contributed by atoms with Gasteiger partial charge in [-0.05, 0) is 25.1 Å². The van der Waals surface area contributed by atoms with E-state index in [1.807, 2.05) is 11.0 Å². The second-order valence-electron chi connectivity index (χ2n) is 6.68. The van der Waals surface area contributed by atoms with E-state index in [1.165, 1.54) is 12.1 Å². The second kappa shape index (κ2) is 6.82. The van der Waals surface area contributed by atoms with Crippen molar-refractivity contribution in [1.82, 2.24) is 9.80 Å². The summed E-state index contributed by atoms with van der Waals surface area (Å²) in [6.45, 7) is 5.43. The third kappa shape index (κ3) is 3.36. The van der Waals surface area contributed by atoms with Crippen molar-refractivity contribution in [3.8, 4) is 0 Å². The van der Waals surface area contributed by atoms with Crippen LogP contribution in [0.15, 0.2) is 24.3 Å². The largest absolute Gasteiger partial charge is 0.368 e. The summed E-state index contributed by atoms with van der Waals surface area (Å²) < 4.78 is 13.4. The lowest BCUT2D eigenvalue weighted by molar-refractivity contribution is -0.150. The summed E-state index contributed by atoms with van der Waals surface area (Å²) >= 11 is 0. The number of carbonyl (C=O) groups is 3. The van der Waals surface area contributed by atoms with E-state index in [1.54, 1.807) is 24.8 Å². The summed E-state index contributed by atoms with van der Waals surface area (Å²) in [5.74, 6) is -1.41. The molecule has 6 nitrogen and oxygen atoms in total. The van der Waals surface area contributed by atoms with Crippen LogP contribution < -0.4 is 4.90 Å². The van der Waals surface area contributed by atoms with E-state index in [0.717, 1.165) is 10.6 Å². The Bertz CT molecular complexity index is 701. The van der Waals surface area contributed by atoms with Crippen molar-refractivity contribution in [2.75, 3.05) is 31.1 Å². The molecule has 0 N–H and O–H groups in total. The molecule has 1 aromatic rings. The van der Waals surface area contributed by atoms with Gasteiger partial charge in [0.05, 0.1) is 0 Å². The highest BCUT2D eigenvalue weighted by atomic mass is 19.1. The third-order valence-electron chi connectivity index (χ3n) is 4.92. The SMILES string of the molecule is CC1CC(=O)N(C(C)C(=O)N2CCN(c3cccc(F)c3)CC2)C1=O. The molecule has 0 spiro atoms.